The highest BCUT2D eigenvalue weighted by Gasteiger charge is 2.59. The zero-order valence-corrected chi connectivity index (χ0v) is 8.14. The largest absolute Gasteiger partial charge is 0.298 e. The average Bonchev–Trinajstić information content (AvgIpc) is 2.82. The molecule has 0 bridgehead atoms. The predicted molar refractivity (Wildman–Crippen MR) is 49.2 cm³/mol. The minimum atomic E-state index is 0.614. The standard InChI is InChI=1S/C10H18N2/c1-11-7-10(5-6-10)12(2)8-9(11)3-4-9/h3-8H2,1-2H3. The SMILES string of the molecule is CN1CC2(CC2)N(C)CC12CC2. The Bertz CT molecular complexity index is 192. The summed E-state index contributed by atoms with van der Waals surface area (Å²) in [4.78, 5) is 5.25. The first-order valence-corrected chi connectivity index (χ1v) is 5.10. The van der Waals surface area contributed by atoms with Crippen molar-refractivity contribution < 1.29 is 0 Å². The van der Waals surface area contributed by atoms with Crippen LogP contribution in [0.4, 0.5) is 0 Å². The molecule has 3 rings (SSSR count). The molecule has 2 aliphatic carbocycles. The van der Waals surface area contributed by atoms with E-state index in [2.05, 4.69) is 23.9 Å². The van der Waals surface area contributed by atoms with Gasteiger partial charge in [-0.15, -0.1) is 0 Å². The van der Waals surface area contributed by atoms with Crippen LogP contribution in [0.1, 0.15) is 25.7 Å². The Hall–Kier alpha value is -0.0800. The van der Waals surface area contributed by atoms with Gasteiger partial charge in [0.05, 0.1) is 0 Å². The lowest BCUT2D eigenvalue weighted by Crippen LogP contribution is -2.58. The monoisotopic (exact) mass is 166 g/mol. The summed E-state index contributed by atoms with van der Waals surface area (Å²) >= 11 is 0. The molecular weight excluding hydrogens is 148 g/mol. The van der Waals surface area contributed by atoms with Crippen LogP contribution < -0.4 is 0 Å². The Balaban J connectivity index is 1.83. The second-order valence-corrected chi connectivity index (χ2v) is 5.16. The van der Waals surface area contributed by atoms with Gasteiger partial charge in [0.15, 0.2) is 0 Å². The molecule has 1 saturated heterocycles. The normalized spacial score (nSPS) is 37.5. The van der Waals surface area contributed by atoms with Crippen LogP contribution in [0.5, 0.6) is 0 Å². The lowest BCUT2D eigenvalue weighted by Gasteiger charge is -2.44. The van der Waals surface area contributed by atoms with E-state index in [1.54, 1.807) is 0 Å². The van der Waals surface area contributed by atoms with E-state index >= 15 is 0 Å². The van der Waals surface area contributed by atoms with Crippen molar-refractivity contribution in [1.29, 1.82) is 0 Å². The summed E-state index contributed by atoms with van der Waals surface area (Å²) in [7, 11) is 4.64. The van der Waals surface area contributed by atoms with Gasteiger partial charge >= 0.3 is 0 Å². The van der Waals surface area contributed by atoms with Crippen LogP contribution in [-0.2, 0) is 0 Å². The van der Waals surface area contributed by atoms with Crippen molar-refractivity contribution in [2.75, 3.05) is 27.2 Å². The van der Waals surface area contributed by atoms with E-state index < -0.39 is 0 Å². The van der Waals surface area contributed by atoms with E-state index in [0.717, 1.165) is 0 Å². The molecule has 0 radical (unpaired) electrons. The maximum Gasteiger partial charge on any atom is 0.0335 e. The Labute approximate surface area is 74.5 Å². The molecule has 0 aromatic heterocycles. The topological polar surface area (TPSA) is 6.48 Å². The van der Waals surface area contributed by atoms with Gasteiger partial charge in [0.25, 0.3) is 0 Å². The smallest absolute Gasteiger partial charge is 0.0335 e. The lowest BCUT2D eigenvalue weighted by molar-refractivity contribution is 0.0362. The van der Waals surface area contributed by atoms with E-state index in [-0.39, 0.29) is 0 Å². The fraction of sp³-hybridized carbons (Fsp3) is 1.00. The first kappa shape index (κ1) is 7.34. The van der Waals surface area contributed by atoms with Crippen LogP contribution in [0.25, 0.3) is 0 Å². The number of piperazine rings is 1. The first-order chi connectivity index (χ1) is 5.67. The first-order valence-electron chi connectivity index (χ1n) is 5.10. The highest BCUT2D eigenvalue weighted by atomic mass is 15.4. The van der Waals surface area contributed by atoms with Gasteiger partial charge in [0.2, 0.25) is 0 Å². The van der Waals surface area contributed by atoms with Crippen LogP contribution in [0.15, 0.2) is 0 Å². The molecule has 3 fully saturated rings. The minimum Gasteiger partial charge on any atom is -0.298 e. The van der Waals surface area contributed by atoms with Gasteiger partial charge in [-0.1, -0.05) is 0 Å². The van der Waals surface area contributed by atoms with E-state index in [9.17, 15) is 0 Å². The van der Waals surface area contributed by atoms with Crippen LogP contribution in [0, 0.1) is 0 Å². The van der Waals surface area contributed by atoms with Gasteiger partial charge in [-0.3, -0.25) is 9.80 Å². The summed E-state index contributed by atoms with van der Waals surface area (Å²) in [6.07, 6.45) is 5.74. The summed E-state index contributed by atoms with van der Waals surface area (Å²) in [6, 6.07) is 0. The Kier molecular flexibility index (Phi) is 1.15. The summed E-state index contributed by atoms with van der Waals surface area (Å²) in [6.45, 7) is 2.65. The lowest BCUT2D eigenvalue weighted by atomic mass is 10.1. The molecule has 1 heterocycles. The summed E-state index contributed by atoms with van der Waals surface area (Å²) in [5, 5.41) is 0. The van der Waals surface area contributed by atoms with Crippen LogP contribution >= 0.6 is 0 Å². The molecule has 0 unspecified atom stereocenters. The van der Waals surface area contributed by atoms with E-state index in [0.29, 0.717) is 11.1 Å². The number of rotatable bonds is 0. The number of hydrogen-bond donors (Lipinski definition) is 0. The zero-order chi connectivity index (χ0) is 8.40. The van der Waals surface area contributed by atoms with Gasteiger partial charge in [-0.2, -0.15) is 0 Å². The molecule has 3 aliphatic rings. The highest BCUT2D eigenvalue weighted by molar-refractivity contribution is 5.17. The molecule has 12 heavy (non-hydrogen) atoms. The van der Waals surface area contributed by atoms with Gasteiger partial charge in [-0.05, 0) is 39.8 Å². The Morgan fingerprint density at radius 1 is 0.750 bits per heavy atom. The molecule has 0 atom stereocenters. The van der Waals surface area contributed by atoms with Crippen molar-refractivity contribution in [3.8, 4) is 0 Å². The van der Waals surface area contributed by atoms with E-state index in [4.69, 9.17) is 0 Å². The molecule has 2 spiro atoms. The Morgan fingerprint density at radius 2 is 1.08 bits per heavy atom. The molecule has 1 aliphatic heterocycles. The number of nitrogens with zero attached hydrogens (tertiary/aromatic N) is 2. The van der Waals surface area contributed by atoms with Crippen molar-refractivity contribution in [1.82, 2.24) is 9.80 Å². The zero-order valence-electron chi connectivity index (χ0n) is 8.14. The molecule has 0 aromatic carbocycles. The number of likely N-dealkylation sites (N-methyl/N-ethyl adjacent to an activating group) is 2. The van der Waals surface area contributed by atoms with Crippen molar-refractivity contribution >= 4 is 0 Å². The third kappa shape index (κ3) is 0.775. The van der Waals surface area contributed by atoms with E-state index in [1.807, 2.05) is 0 Å². The van der Waals surface area contributed by atoms with Crippen LogP contribution in [0.3, 0.4) is 0 Å². The maximum absolute atomic E-state index is 2.62. The van der Waals surface area contributed by atoms with E-state index in [1.165, 1.54) is 38.8 Å². The second-order valence-electron chi connectivity index (χ2n) is 5.16. The molecule has 2 heteroatoms. The third-order valence-corrected chi connectivity index (χ3v) is 4.34. The molecule has 0 amide bonds. The Morgan fingerprint density at radius 3 is 1.33 bits per heavy atom. The van der Waals surface area contributed by atoms with Gasteiger partial charge in [0.1, 0.15) is 0 Å². The quantitative estimate of drug-likeness (QED) is 0.528. The van der Waals surface area contributed by atoms with Crippen molar-refractivity contribution in [3.05, 3.63) is 0 Å². The summed E-state index contributed by atoms with van der Waals surface area (Å²) < 4.78 is 0. The van der Waals surface area contributed by atoms with Crippen molar-refractivity contribution in [2.45, 2.75) is 36.8 Å². The van der Waals surface area contributed by atoms with Gasteiger partial charge in [-0.25, -0.2) is 0 Å². The minimum absolute atomic E-state index is 0.614. The maximum atomic E-state index is 2.62. The van der Waals surface area contributed by atoms with Crippen LogP contribution in [-0.4, -0.2) is 48.1 Å². The highest BCUT2D eigenvalue weighted by Crippen LogP contribution is 2.52. The molecule has 0 aromatic rings. The van der Waals surface area contributed by atoms with Crippen molar-refractivity contribution in [3.63, 3.8) is 0 Å². The van der Waals surface area contributed by atoms with Gasteiger partial charge < -0.3 is 0 Å². The molecule has 2 nitrogen and oxygen atoms in total. The summed E-state index contributed by atoms with van der Waals surface area (Å²) in [5.41, 5.74) is 1.23. The van der Waals surface area contributed by atoms with Gasteiger partial charge in [0, 0.05) is 24.2 Å². The molecule has 2 saturated carbocycles. The number of hydrogen-bond acceptors (Lipinski definition) is 2. The molecular formula is C10H18N2. The average molecular weight is 166 g/mol. The molecule has 68 valence electrons. The fourth-order valence-corrected chi connectivity index (χ4v) is 2.83. The third-order valence-electron chi connectivity index (χ3n) is 4.34. The predicted octanol–water partition coefficient (Wildman–Crippen LogP) is 0.929. The van der Waals surface area contributed by atoms with Crippen molar-refractivity contribution in [2.24, 2.45) is 0 Å². The summed E-state index contributed by atoms with van der Waals surface area (Å²) in [5.74, 6) is 0. The molecule has 0 N–H and O–H groups in total. The fourth-order valence-electron chi connectivity index (χ4n) is 2.83. The second kappa shape index (κ2) is 1.88. The van der Waals surface area contributed by atoms with Crippen LogP contribution in [0.2, 0.25) is 0 Å².